The van der Waals surface area contributed by atoms with Crippen LogP contribution in [0.4, 0.5) is 0 Å². The van der Waals surface area contributed by atoms with E-state index in [9.17, 15) is 4.79 Å². The van der Waals surface area contributed by atoms with Crippen molar-refractivity contribution in [2.75, 3.05) is 13.1 Å². The second-order valence-electron chi connectivity index (χ2n) is 7.20. The number of likely N-dealkylation sites (tertiary alicyclic amines) is 1. The molecule has 2 aromatic carbocycles. The van der Waals surface area contributed by atoms with Crippen LogP contribution in [0.1, 0.15) is 30.5 Å². The fraction of sp³-hybridized carbons (Fsp3) is 0.333. The topological polar surface area (TPSA) is 37.6 Å². The Morgan fingerprint density at radius 1 is 1.08 bits per heavy atom. The molecule has 0 N–H and O–H groups in total. The Balaban J connectivity index is 1.73. The van der Waals surface area contributed by atoms with E-state index in [2.05, 4.69) is 29.2 Å². The first-order chi connectivity index (χ1) is 12.7. The van der Waals surface area contributed by atoms with Gasteiger partial charge in [-0.1, -0.05) is 42.0 Å². The number of hydrogen-bond donors (Lipinski definition) is 0. The number of nitrogens with zero attached hydrogens (tertiary/aromatic N) is 3. The summed E-state index contributed by atoms with van der Waals surface area (Å²) in [6.07, 6.45) is 3.75. The molecule has 3 heterocycles. The predicted molar refractivity (Wildman–Crippen MR) is 108 cm³/mol. The molecule has 1 saturated heterocycles. The van der Waals surface area contributed by atoms with Crippen LogP contribution in [-0.2, 0) is 6.54 Å². The number of aromatic nitrogens is 2. The third-order valence-corrected chi connectivity index (χ3v) is 6.46. The van der Waals surface area contributed by atoms with Crippen molar-refractivity contribution in [3.8, 4) is 0 Å². The SMILES string of the molecule is Cc1nc2sc3cc4ccccc4cc3n2c(=O)c1CN1CCCCC1. The Morgan fingerprint density at radius 2 is 1.81 bits per heavy atom. The van der Waals surface area contributed by atoms with E-state index in [-0.39, 0.29) is 5.56 Å². The maximum absolute atomic E-state index is 13.3. The van der Waals surface area contributed by atoms with Gasteiger partial charge in [-0.2, -0.15) is 0 Å². The maximum atomic E-state index is 13.3. The van der Waals surface area contributed by atoms with E-state index >= 15 is 0 Å². The van der Waals surface area contributed by atoms with E-state index in [1.54, 1.807) is 11.3 Å². The third kappa shape index (κ3) is 2.54. The molecule has 4 nitrogen and oxygen atoms in total. The number of aryl methyl sites for hydroxylation is 1. The van der Waals surface area contributed by atoms with Gasteiger partial charge in [0.05, 0.1) is 21.5 Å². The standard InChI is InChI=1S/C21H21N3OS/c1-14-17(13-23-9-5-2-6-10-23)20(25)24-18-11-15-7-3-4-8-16(15)12-19(18)26-21(24)22-14/h3-4,7-8,11-12H,2,5-6,9-10,13H2,1H3. The van der Waals surface area contributed by atoms with Crippen LogP contribution in [0.5, 0.6) is 0 Å². The van der Waals surface area contributed by atoms with Crippen LogP contribution in [-0.4, -0.2) is 27.4 Å². The number of rotatable bonds is 2. The lowest BCUT2D eigenvalue weighted by molar-refractivity contribution is 0.219. The minimum absolute atomic E-state index is 0.0969. The molecule has 0 spiro atoms. The molecule has 2 aromatic heterocycles. The Labute approximate surface area is 155 Å². The fourth-order valence-electron chi connectivity index (χ4n) is 4.00. The van der Waals surface area contributed by atoms with E-state index < -0.39 is 0 Å². The van der Waals surface area contributed by atoms with Crippen LogP contribution in [0.3, 0.4) is 0 Å². The van der Waals surface area contributed by atoms with E-state index in [1.165, 1.54) is 24.6 Å². The number of hydrogen-bond acceptors (Lipinski definition) is 4. The lowest BCUT2D eigenvalue weighted by atomic mass is 10.1. The van der Waals surface area contributed by atoms with E-state index in [4.69, 9.17) is 4.98 Å². The summed E-state index contributed by atoms with van der Waals surface area (Å²) in [6.45, 7) is 4.85. The molecule has 1 aliphatic heterocycles. The molecule has 4 aromatic rings. The Bertz CT molecular complexity index is 1180. The van der Waals surface area contributed by atoms with E-state index in [0.717, 1.165) is 44.9 Å². The zero-order valence-corrected chi connectivity index (χ0v) is 15.7. The largest absolute Gasteiger partial charge is 0.299 e. The van der Waals surface area contributed by atoms with Crippen LogP contribution in [0, 0.1) is 6.92 Å². The average molecular weight is 363 g/mol. The van der Waals surface area contributed by atoms with Crippen LogP contribution in [0.25, 0.3) is 25.9 Å². The summed E-state index contributed by atoms with van der Waals surface area (Å²) < 4.78 is 2.93. The highest BCUT2D eigenvalue weighted by Gasteiger charge is 2.18. The van der Waals surface area contributed by atoms with Gasteiger partial charge in [0.25, 0.3) is 5.56 Å². The minimum Gasteiger partial charge on any atom is -0.299 e. The Kier molecular flexibility index (Phi) is 3.80. The summed E-state index contributed by atoms with van der Waals surface area (Å²) in [7, 11) is 0. The Hall–Kier alpha value is -2.24. The van der Waals surface area contributed by atoms with Crippen LogP contribution in [0.2, 0.25) is 0 Å². The molecular formula is C21H21N3OS. The second kappa shape index (κ2) is 6.18. The number of piperidine rings is 1. The van der Waals surface area contributed by atoms with Crippen molar-refractivity contribution in [3.05, 3.63) is 58.0 Å². The lowest BCUT2D eigenvalue weighted by Crippen LogP contribution is -2.33. The molecule has 0 unspecified atom stereocenters. The maximum Gasteiger partial charge on any atom is 0.263 e. The smallest absolute Gasteiger partial charge is 0.263 e. The molecule has 0 atom stereocenters. The van der Waals surface area contributed by atoms with Crippen LogP contribution in [0.15, 0.2) is 41.2 Å². The summed E-state index contributed by atoms with van der Waals surface area (Å²) in [5.41, 5.74) is 2.79. The molecule has 26 heavy (non-hydrogen) atoms. The van der Waals surface area contributed by atoms with Crippen molar-refractivity contribution in [1.82, 2.24) is 14.3 Å². The quantitative estimate of drug-likeness (QED) is 0.531. The van der Waals surface area contributed by atoms with Gasteiger partial charge in [-0.05, 0) is 55.8 Å². The molecule has 0 aliphatic carbocycles. The average Bonchev–Trinajstić information content (AvgIpc) is 3.01. The lowest BCUT2D eigenvalue weighted by Gasteiger charge is -2.26. The highest BCUT2D eigenvalue weighted by atomic mass is 32.1. The summed E-state index contributed by atoms with van der Waals surface area (Å²) in [5.74, 6) is 0. The zero-order chi connectivity index (χ0) is 17.7. The van der Waals surface area contributed by atoms with Gasteiger partial charge in [0.1, 0.15) is 0 Å². The Morgan fingerprint density at radius 3 is 2.58 bits per heavy atom. The van der Waals surface area contributed by atoms with Crippen LogP contribution >= 0.6 is 11.3 Å². The highest BCUT2D eigenvalue weighted by Crippen LogP contribution is 2.29. The molecule has 132 valence electrons. The van der Waals surface area contributed by atoms with Gasteiger partial charge in [-0.25, -0.2) is 4.98 Å². The number of fused-ring (bicyclic) bond motifs is 4. The van der Waals surface area contributed by atoms with Crippen molar-refractivity contribution in [2.24, 2.45) is 0 Å². The van der Waals surface area contributed by atoms with Crippen molar-refractivity contribution in [3.63, 3.8) is 0 Å². The molecule has 5 heteroatoms. The van der Waals surface area contributed by atoms with Crippen molar-refractivity contribution in [1.29, 1.82) is 0 Å². The van der Waals surface area contributed by atoms with Gasteiger partial charge >= 0.3 is 0 Å². The second-order valence-corrected chi connectivity index (χ2v) is 8.21. The molecular weight excluding hydrogens is 342 g/mol. The minimum atomic E-state index is 0.0969. The summed E-state index contributed by atoms with van der Waals surface area (Å²) in [6, 6.07) is 12.6. The van der Waals surface area contributed by atoms with Crippen molar-refractivity contribution in [2.45, 2.75) is 32.7 Å². The van der Waals surface area contributed by atoms with E-state index in [1.807, 2.05) is 23.5 Å². The van der Waals surface area contributed by atoms with Gasteiger partial charge in [0.15, 0.2) is 4.96 Å². The highest BCUT2D eigenvalue weighted by molar-refractivity contribution is 7.23. The summed E-state index contributed by atoms with van der Waals surface area (Å²) in [4.78, 5) is 21.3. The third-order valence-electron chi connectivity index (χ3n) is 5.45. The van der Waals surface area contributed by atoms with Crippen molar-refractivity contribution >= 4 is 37.3 Å². The first-order valence-corrected chi connectivity index (χ1v) is 10.1. The zero-order valence-electron chi connectivity index (χ0n) is 14.9. The summed E-state index contributed by atoms with van der Waals surface area (Å²) in [5, 5.41) is 2.36. The monoisotopic (exact) mass is 363 g/mol. The van der Waals surface area contributed by atoms with Gasteiger partial charge in [-0.3, -0.25) is 14.1 Å². The van der Waals surface area contributed by atoms with Gasteiger partial charge in [0, 0.05) is 6.54 Å². The van der Waals surface area contributed by atoms with E-state index in [0.29, 0.717) is 6.54 Å². The van der Waals surface area contributed by atoms with Gasteiger partial charge in [0.2, 0.25) is 0 Å². The predicted octanol–water partition coefficient (Wildman–Crippen LogP) is 4.36. The molecule has 0 radical (unpaired) electrons. The normalized spacial score (nSPS) is 16.0. The molecule has 5 rings (SSSR count). The fourth-order valence-corrected chi connectivity index (χ4v) is 5.10. The van der Waals surface area contributed by atoms with Gasteiger partial charge in [-0.15, -0.1) is 0 Å². The van der Waals surface area contributed by atoms with Crippen molar-refractivity contribution < 1.29 is 0 Å². The molecule has 0 saturated carbocycles. The molecule has 1 fully saturated rings. The van der Waals surface area contributed by atoms with Gasteiger partial charge < -0.3 is 0 Å². The first-order valence-electron chi connectivity index (χ1n) is 9.26. The van der Waals surface area contributed by atoms with Crippen LogP contribution < -0.4 is 5.56 Å². The molecule has 0 bridgehead atoms. The number of thiazole rings is 1. The first kappa shape index (κ1) is 16.0. The molecule has 0 amide bonds. The molecule has 1 aliphatic rings. The summed E-state index contributed by atoms with van der Waals surface area (Å²) >= 11 is 1.60. The number of benzene rings is 2.